The molecule has 0 aliphatic rings. The van der Waals surface area contributed by atoms with Crippen LogP contribution in [0.15, 0.2) is 67.0 Å². The van der Waals surface area contributed by atoms with E-state index in [0.717, 1.165) is 11.3 Å². The van der Waals surface area contributed by atoms with E-state index in [2.05, 4.69) is 10.4 Å². The zero-order valence-corrected chi connectivity index (χ0v) is 18.0. The number of hydrogen-bond donors (Lipinski definition) is 1. The predicted molar refractivity (Wildman–Crippen MR) is 118 cm³/mol. The van der Waals surface area contributed by atoms with E-state index in [1.54, 1.807) is 47.1 Å². The summed E-state index contributed by atoms with van der Waals surface area (Å²) in [7, 11) is 1.73. The minimum atomic E-state index is -0.637. The maximum absolute atomic E-state index is 13.0. The quantitative estimate of drug-likeness (QED) is 0.624. The lowest BCUT2D eigenvalue weighted by Gasteiger charge is -2.27. The summed E-state index contributed by atoms with van der Waals surface area (Å²) in [6.07, 6.45) is 3.64. The SMILES string of the molecule is CC(C)[C@H](NC(=O)c1ccc(Cl)cc1)C(=O)N(C)Cc1cnn(-c2ccccc2)c1. The summed E-state index contributed by atoms with van der Waals surface area (Å²) in [6, 6.07) is 15.7. The minimum Gasteiger partial charge on any atom is -0.340 e. The topological polar surface area (TPSA) is 67.2 Å². The van der Waals surface area contributed by atoms with Crippen molar-refractivity contribution in [3.8, 4) is 5.69 Å². The molecular formula is C23H25ClN4O2. The number of benzene rings is 2. The van der Waals surface area contributed by atoms with Crippen molar-refractivity contribution in [1.82, 2.24) is 20.0 Å². The van der Waals surface area contributed by atoms with Crippen molar-refractivity contribution in [2.24, 2.45) is 5.92 Å². The van der Waals surface area contributed by atoms with Gasteiger partial charge < -0.3 is 10.2 Å². The molecule has 0 saturated heterocycles. The van der Waals surface area contributed by atoms with Crippen LogP contribution >= 0.6 is 11.6 Å². The largest absolute Gasteiger partial charge is 0.340 e. The Morgan fingerprint density at radius 1 is 1.10 bits per heavy atom. The lowest BCUT2D eigenvalue weighted by molar-refractivity contribution is -0.133. The maximum atomic E-state index is 13.0. The number of amides is 2. The Hall–Kier alpha value is -3.12. The Kier molecular flexibility index (Phi) is 6.90. The van der Waals surface area contributed by atoms with Crippen LogP contribution in [0, 0.1) is 5.92 Å². The second-order valence-electron chi connectivity index (χ2n) is 7.53. The van der Waals surface area contributed by atoms with Crippen LogP contribution in [-0.4, -0.2) is 39.6 Å². The minimum absolute atomic E-state index is 0.0664. The van der Waals surface area contributed by atoms with E-state index in [4.69, 9.17) is 11.6 Å². The first-order valence-electron chi connectivity index (χ1n) is 9.75. The number of hydrogen-bond acceptors (Lipinski definition) is 3. The van der Waals surface area contributed by atoms with Crippen LogP contribution in [0.4, 0.5) is 0 Å². The Balaban J connectivity index is 1.67. The van der Waals surface area contributed by atoms with Crippen LogP contribution in [0.2, 0.25) is 5.02 Å². The summed E-state index contributed by atoms with van der Waals surface area (Å²) in [5.74, 6) is -0.521. The molecule has 3 aromatic rings. The highest BCUT2D eigenvalue weighted by Crippen LogP contribution is 2.14. The van der Waals surface area contributed by atoms with Gasteiger partial charge in [0.2, 0.25) is 5.91 Å². The van der Waals surface area contributed by atoms with Crippen LogP contribution < -0.4 is 5.32 Å². The fraction of sp³-hybridized carbons (Fsp3) is 0.261. The number of nitrogens with zero attached hydrogens (tertiary/aromatic N) is 3. The molecule has 0 spiro atoms. The third-order valence-electron chi connectivity index (χ3n) is 4.78. The number of carbonyl (C=O) groups excluding carboxylic acids is 2. The van der Waals surface area contributed by atoms with Gasteiger partial charge in [0.05, 0.1) is 11.9 Å². The lowest BCUT2D eigenvalue weighted by atomic mass is 10.0. The first kappa shape index (κ1) is 21.6. The summed E-state index contributed by atoms with van der Waals surface area (Å²) in [6.45, 7) is 4.21. The van der Waals surface area contributed by atoms with Crippen molar-refractivity contribution in [2.75, 3.05) is 7.05 Å². The number of para-hydroxylation sites is 1. The molecule has 6 nitrogen and oxygen atoms in total. The smallest absolute Gasteiger partial charge is 0.251 e. The summed E-state index contributed by atoms with van der Waals surface area (Å²) in [4.78, 5) is 27.2. The highest BCUT2D eigenvalue weighted by Gasteiger charge is 2.27. The average Bonchev–Trinajstić information content (AvgIpc) is 3.20. The fourth-order valence-corrected chi connectivity index (χ4v) is 3.22. The normalized spacial score (nSPS) is 11.9. The van der Waals surface area contributed by atoms with Gasteiger partial charge in [0.15, 0.2) is 0 Å². The van der Waals surface area contributed by atoms with E-state index in [1.807, 2.05) is 50.4 Å². The zero-order chi connectivity index (χ0) is 21.7. The molecule has 0 unspecified atom stereocenters. The average molecular weight is 425 g/mol. The highest BCUT2D eigenvalue weighted by molar-refractivity contribution is 6.30. The molecule has 1 heterocycles. The van der Waals surface area contributed by atoms with Gasteiger partial charge in [0.25, 0.3) is 5.91 Å². The molecule has 1 atom stereocenters. The fourth-order valence-electron chi connectivity index (χ4n) is 3.09. The van der Waals surface area contributed by atoms with Gasteiger partial charge >= 0.3 is 0 Å². The first-order chi connectivity index (χ1) is 14.3. The van der Waals surface area contributed by atoms with Crippen LogP contribution in [0.25, 0.3) is 5.69 Å². The molecule has 0 fully saturated rings. The first-order valence-corrected chi connectivity index (χ1v) is 10.1. The van der Waals surface area contributed by atoms with Gasteiger partial charge in [-0.15, -0.1) is 0 Å². The molecule has 1 aromatic heterocycles. The molecule has 0 aliphatic carbocycles. The molecule has 0 saturated carbocycles. The summed E-state index contributed by atoms with van der Waals surface area (Å²) >= 11 is 5.88. The van der Waals surface area contributed by atoms with Crippen LogP contribution in [-0.2, 0) is 11.3 Å². The third-order valence-corrected chi connectivity index (χ3v) is 5.03. The molecule has 1 N–H and O–H groups in total. The molecule has 0 bridgehead atoms. The summed E-state index contributed by atoms with van der Waals surface area (Å²) in [5.41, 5.74) is 2.32. The van der Waals surface area contributed by atoms with Crippen molar-refractivity contribution in [2.45, 2.75) is 26.4 Å². The summed E-state index contributed by atoms with van der Waals surface area (Å²) in [5, 5.41) is 7.78. The number of aromatic nitrogens is 2. The third kappa shape index (κ3) is 5.27. The van der Waals surface area contributed by atoms with E-state index >= 15 is 0 Å². The van der Waals surface area contributed by atoms with Crippen molar-refractivity contribution in [3.63, 3.8) is 0 Å². The number of halogens is 1. The standard InChI is InChI=1S/C23H25ClN4O2/c1-16(2)21(26-22(29)18-9-11-19(24)12-10-18)23(30)27(3)14-17-13-25-28(15-17)20-7-5-4-6-8-20/h4-13,15-16,21H,14H2,1-3H3,(H,26,29)/t21-/m0/s1. The molecule has 0 aliphatic heterocycles. The van der Waals surface area contributed by atoms with Crippen molar-refractivity contribution in [3.05, 3.63) is 83.1 Å². The molecule has 2 aromatic carbocycles. The Labute approximate surface area is 181 Å². The van der Waals surface area contributed by atoms with Gasteiger partial charge in [0.1, 0.15) is 6.04 Å². The van der Waals surface area contributed by atoms with E-state index in [9.17, 15) is 9.59 Å². The van der Waals surface area contributed by atoms with Crippen molar-refractivity contribution >= 4 is 23.4 Å². The van der Waals surface area contributed by atoms with Gasteiger partial charge in [0, 0.05) is 35.9 Å². The van der Waals surface area contributed by atoms with Gasteiger partial charge in [-0.1, -0.05) is 43.6 Å². The van der Waals surface area contributed by atoms with E-state index in [1.165, 1.54) is 0 Å². The molecule has 3 rings (SSSR count). The van der Waals surface area contributed by atoms with E-state index < -0.39 is 6.04 Å². The lowest BCUT2D eigenvalue weighted by Crippen LogP contribution is -2.50. The molecule has 2 amide bonds. The van der Waals surface area contributed by atoms with Gasteiger partial charge in [-0.2, -0.15) is 5.10 Å². The van der Waals surface area contributed by atoms with Gasteiger partial charge in [-0.05, 0) is 42.3 Å². The van der Waals surface area contributed by atoms with E-state index in [0.29, 0.717) is 17.1 Å². The van der Waals surface area contributed by atoms with Gasteiger partial charge in [-0.3, -0.25) is 9.59 Å². The van der Waals surface area contributed by atoms with E-state index in [-0.39, 0.29) is 17.7 Å². The van der Waals surface area contributed by atoms with Crippen molar-refractivity contribution < 1.29 is 9.59 Å². The maximum Gasteiger partial charge on any atom is 0.251 e. The van der Waals surface area contributed by atoms with Crippen LogP contribution in [0.1, 0.15) is 29.8 Å². The molecule has 156 valence electrons. The number of nitrogens with one attached hydrogen (secondary N) is 1. The highest BCUT2D eigenvalue weighted by atomic mass is 35.5. The number of likely N-dealkylation sites (N-methyl/N-ethyl adjacent to an activating group) is 1. The Bertz CT molecular complexity index is 1000. The molecule has 7 heteroatoms. The number of carbonyl (C=O) groups is 2. The van der Waals surface area contributed by atoms with Gasteiger partial charge in [-0.25, -0.2) is 4.68 Å². The molecular weight excluding hydrogens is 400 g/mol. The summed E-state index contributed by atoms with van der Waals surface area (Å²) < 4.78 is 1.77. The number of rotatable bonds is 7. The Morgan fingerprint density at radius 3 is 2.40 bits per heavy atom. The Morgan fingerprint density at radius 2 is 1.77 bits per heavy atom. The second-order valence-corrected chi connectivity index (χ2v) is 7.96. The molecule has 0 radical (unpaired) electrons. The van der Waals surface area contributed by atoms with Crippen LogP contribution in [0.3, 0.4) is 0 Å². The second kappa shape index (κ2) is 9.59. The van der Waals surface area contributed by atoms with Crippen molar-refractivity contribution in [1.29, 1.82) is 0 Å². The molecule has 30 heavy (non-hydrogen) atoms. The zero-order valence-electron chi connectivity index (χ0n) is 17.2. The van der Waals surface area contributed by atoms with Crippen LogP contribution in [0.5, 0.6) is 0 Å². The predicted octanol–water partition coefficient (Wildman–Crippen LogP) is 3.94. The monoisotopic (exact) mass is 424 g/mol.